The average Bonchev–Trinajstić information content (AvgIpc) is 3.19. The fraction of sp³-hybridized carbons (Fsp3) is 0.222. The molecule has 0 radical (unpaired) electrons. The smallest absolute Gasteiger partial charge is 0.169 e. The van der Waals surface area contributed by atoms with E-state index in [9.17, 15) is 10.2 Å². The number of hydrogen-bond donors (Lipinski definition) is 3. The van der Waals surface area contributed by atoms with Gasteiger partial charge < -0.3 is 15.9 Å². The summed E-state index contributed by atoms with van der Waals surface area (Å²) < 4.78 is 1.67. The van der Waals surface area contributed by atoms with Crippen molar-refractivity contribution >= 4 is 16.7 Å². The third-order valence-corrected chi connectivity index (χ3v) is 6.71. The maximum atomic E-state index is 11.4. The number of rotatable bonds is 3. The number of nitrogens with two attached hydrogens (primary N) is 1. The number of fused-ring (bicyclic) bond motifs is 3. The molecule has 4 N–H and O–H groups in total. The van der Waals surface area contributed by atoms with Crippen molar-refractivity contribution < 1.29 is 10.2 Å². The normalized spacial score (nSPS) is 22.2. The first-order valence-corrected chi connectivity index (χ1v) is 11.3. The van der Waals surface area contributed by atoms with Crippen LogP contribution in [-0.2, 0) is 5.54 Å². The highest BCUT2D eigenvalue weighted by Crippen LogP contribution is 2.47. The Bertz CT molecular complexity index is 1550. The highest BCUT2D eigenvalue weighted by Gasteiger charge is 2.49. The van der Waals surface area contributed by atoms with Gasteiger partial charge in [-0.1, -0.05) is 54.6 Å². The molecule has 0 bridgehead atoms. The predicted molar refractivity (Wildman–Crippen MR) is 131 cm³/mol. The van der Waals surface area contributed by atoms with Crippen LogP contribution in [0.2, 0.25) is 0 Å². The molecule has 5 aromatic rings. The number of benzene rings is 2. The molecule has 0 spiro atoms. The van der Waals surface area contributed by atoms with Crippen LogP contribution in [0.5, 0.6) is 5.75 Å². The Balaban J connectivity index is 1.57. The minimum atomic E-state index is -0.721. The summed E-state index contributed by atoms with van der Waals surface area (Å²) in [5.41, 5.74) is 11.3. The number of aryl methyl sites for hydroxylation is 1. The zero-order valence-corrected chi connectivity index (χ0v) is 19.0. The maximum absolute atomic E-state index is 11.4. The van der Waals surface area contributed by atoms with Crippen LogP contribution in [0.1, 0.15) is 31.0 Å². The van der Waals surface area contributed by atoms with Gasteiger partial charge in [-0.15, -0.1) is 0 Å². The van der Waals surface area contributed by atoms with Gasteiger partial charge in [0.05, 0.1) is 27.9 Å². The van der Waals surface area contributed by atoms with Crippen LogP contribution in [0.3, 0.4) is 0 Å². The van der Waals surface area contributed by atoms with E-state index in [2.05, 4.69) is 10.1 Å². The molecule has 6 rings (SSSR count). The first-order chi connectivity index (χ1) is 16.2. The molecule has 1 aliphatic rings. The monoisotopic (exact) mass is 451 g/mol. The van der Waals surface area contributed by atoms with Crippen molar-refractivity contribution in [2.45, 2.75) is 37.8 Å². The Labute approximate surface area is 196 Å². The number of pyridine rings is 1. The Morgan fingerprint density at radius 1 is 1.00 bits per heavy atom. The summed E-state index contributed by atoms with van der Waals surface area (Å²) in [4.78, 5) is 9.46. The molecular formula is C27H25N5O2. The Morgan fingerprint density at radius 3 is 2.38 bits per heavy atom. The third kappa shape index (κ3) is 3.16. The lowest BCUT2D eigenvalue weighted by Gasteiger charge is -2.49. The van der Waals surface area contributed by atoms with Crippen molar-refractivity contribution in [3.05, 3.63) is 78.1 Å². The van der Waals surface area contributed by atoms with Crippen LogP contribution < -0.4 is 5.73 Å². The van der Waals surface area contributed by atoms with E-state index in [1.807, 2.05) is 74.5 Å². The second-order valence-electron chi connectivity index (χ2n) is 9.69. The number of nitrogens with zero attached hydrogens (tertiary/aromatic N) is 4. The largest absolute Gasteiger partial charge is 0.506 e. The summed E-state index contributed by atoms with van der Waals surface area (Å²) in [6, 6.07) is 19.5. The van der Waals surface area contributed by atoms with Gasteiger partial charge in [-0.25, -0.2) is 9.97 Å². The molecule has 0 saturated heterocycles. The highest BCUT2D eigenvalue weighted by atomic mass is 16.3. The van der Waals surface area contributed by atoms with Crippen molar-refractivity contribution in [1.29, 1.82) is 0 Å². The van der Waals surface area contributed by atoms with Crippen molar-refractivity contribution in [1.82, 2.24) is 19.6 Å². The first kappa shape index (κ1) is 20.8. The lowest BCUT2D eigenvalue weighted by atomic mass is 9.63. The molecule has 170 valence electrons. The topological polar surface area (TPSA) is 110 Å². The molecule has 7 heteroatoms. The molecule has 34 heavy (non-hydrogen) atoms. The zero-order chi connectivity index (χ0) is 23.7. The van der Waals surface area contributed by atoms with Crippen molar-refractivity contribution in [2.24, 2.45) is 5.73 Å². The van der Waals surface area contributed by atoms with Gasteiger partial charge in [0.15, 0.2) is 11.3 Å². The van der Waals surface area contributed by atoms with Crippen molar-refractivity contribution in [2.75, 3.05) is 0 Å². The average molecular weight is 452 g/mol. The molecule has 7 nitrogen and oxygen atoms in total. The number of aromatic nitrogens is 4. The van der Waals surface area contributed by atoms with Crippen molar-refractivity contribution in [3.8, 4) is 28.1 Å². The summed E-state index contributed by atoms with van der Waals surface area (Å²) in [7, 11) is 0. The summed E-state index contributed by atoms with van der Waals surface area (Å²) >= 11 is 0. The molecule has 2 aromatic carbocycles. The molecule has 3 aromatic heterocycles. The summed E-state index contributed by atoms with van der Waals surface area (Å²) in [5, 5.41) is 26.7. The van der Waals surface area contributed by atoms with E-state index in [-0.39, 0.29) is 5.75 Å². The van der Waals surface area contributed by atoms with E-state index >= 15 is 0 Å². The van der Waals surface area contributed by atoms with E-state index in [0.717, 1.165) is 22.4 Å². The quantitative estimate of drug-likeness (QED) is 0.377. The lowest BCUT2D eigenvalue weighted by Crippen LogP contribution is -2.58. The van der Waals surface area contributed by atoms with E-state index in [4.69, 9.17) is 10.7 Å². The van der Waals surface area contributed by atoms with E-state index in [1.165, 1.54) is 0 Å². The van der Waals surface area contributed by atoms with Gasteiger partial charge >= 0.3 is 0 Å². The molecule has 3 heterocycles. The number of aromatic hydroxyl groups is 1. The molecule has 0 aliphatic heterocycles. The maximum Gasteiger partial charge on any atom is 0.169 e. The standard InChI is InChI=1S/C27H25N5O2/c1-16-12-21-29-13-20-24(33)22(17-6-4-3-5-7-17)23(30-25(20)32(21)31-16)18-8-10-19(11-9-18)27(28)14-26(2,34)15-27/h3-13,34H,14-15,28H2,1-2H3,(H,30,33). The van der Waals surface area contributed by atoms with Crippen LogP contribution in [0.4, 0.5) is 0 Å². The highest BCUT2D eigenvalue weighted by molar-refractivity contribution is 5.97. The minimum Gasteiger partial charge on any atom is -0.506 e. The fourth-order valence-corrected chi connectivity index (χ4v) is 5.28. The predicted octanol–water partition coefficient (Wildman–Crippen LogP) is 4.32. The molecule has 1 aliphatic carbocycles. The Kier molecular flexibility index (Phi) is 4.33. The summed E-state index contributed by atoms with van der Waals surface area (Å²) in [6.07, 6.45) is 2.69. The van der Waals surface area contributed by atoms with E-state index in [1.54, 1.807) is 10.7 Å². The minimum absolute atomic E-state index is 0.114. The summed E-state index contributed by atoms with van der Waals surface area (Å²) in [5.74, 6) is 0.114. The van der Waals surface area contributed by atoms with Crippen LogP contribution in [0.25, 0.3) is 39.1 Å². The van der Waals surface area contributed by atoms with Gasteiger partial charge in [0.1, 0.15) is 5.75 Å². The zero-order valence-electron chi connectivity index (χ0n) is 19.0. The molecule has 0 atom stereocenters. The third-order valence-electron chi connectivity index (χ3n) is 6.71. The lowest BCUT2D eigenvalue weighted by molar-refractivity contribution is -0.0738. The molecule has 1 fully saturated rings. The van der Waals surface area contributed by atoms with Gasteiger partial charge in [-0.05, 0) is 37.8 Å². The van der Waals surface area contributed by atoms with Crippen LogP contribution in [0.15, 0.2) is 66.9 Å². The van der Waals surface area contributed by atoms with Gasteiger partial charge in [0, 0.05) is 23.4 Å². The Morgan fingerprint density at radius 2 is 1.71 bits per heavy atom. The van der Waals surface area contributed by atoms with E-state index in [0.29, 0.717) is 40.8 Å². The second kappa shape index (κ2) is 7.09. The Hall–Kier alpha value is -3.81. The molecular weight excluding hydrogens is 426 g/mol. The van der Waals surface area contributed by atoms with E-state index < -0.39 is 11.1 Å². The van der Waals surface area contributed by atoms with Gasteiger partial charge in [-0.2, -0.15) is 9.61 Å². The van der Waals surface area contributed by atoms with Crippen LogP contribution in [-0.4, -0.2) is 35.4 Å². The molecule has 0 amide bonds. The second-order valence-corrected chi connectivity index (χ2v) is 9.69. The first-order valence-electron chi connectivity index (χ1n) is 11.3. The fourth-order valence-electron chi connectivity index (χ4n) is 5.28. The summed E-state index contributed by atoms with van der Waals surface area (Å²) in [6.45, 7) is 3.71. The number of hydrogen-bond acceptors (Lipinski definition) is 6. The van der Waals surface area contributed by atoms with Gasteiger partial charge in [0.25, 0.3) is 0 Å². The molecule has 1 saturated carbocycles. The van der Waals surface area contributed by atoms with Gasteiger partial charge in [0.2, 0.25) is 0 Å². The SMILES string of the molecule is Cc1cc2ncc3c(O)c(-c4ccccc4)c(-c4ccc(C5(N)CC(C)(O)C5)cc4)nc3n2n1. The van der Waals surface area contributed by atoms with Gasteiger partial charge in [-0.3, -0.25) is 0 Å². The van der Waals surface area contributed by atoms with Crippen LogP contribution in [0, 0.1) is 6.92 Å². The van der Waals surface area contributed by atoms with Crippen LogP contribution >= 0.6 is 0 Å². The molecule has 0 unspecified atom stereocenters. The number of aliphatic hydroxyl groups is 1. The van der Waals surface area contributed by atoms with Crippen molar-refractivity contribution in [3.63, 3.8) is 0 Å².